The maximum atomic E-state index is 11.7. The summed E-state index contributed by atoms with van der Waals surface area (Å²) in [6.45, 7) is 3.53. The van der Waals surface area contributed by atoms with Gasteiger partial charge in [0.2, 0.25) is 5.91 Å². The lowest BCUT2D eigenvalue weighted by molar-refractivity contribution is -0.133. The Morgan fingerprint density at radius 3 is 2.78 bits per heavy atom. The first-order chi connectivity index (χ1) is 8.75. The summed E-state index contributed by atoms with van der Waals surface area (Å²) in [5.74, 6) is 1.14. The third-order valence-corrected chi connectivity index (χ3v) is 4.17. The van der Waals surface area contributed by atoms with Crippen LogP contribution in [0.25, 0.3) is 0 Å². The first kappa shape index (κ1) is 13.8. The molecule has 0 spiro atoms. The zero-order valence-corrected chi connectivity index (χ0v) is 11.3. The Balaban J connectivity index is 1.58. The van der Waals surface area contributed by atoms with Gasteiger partial charge < -0.3 is 15.4 Å². The number of ether oxygens (including phenoxy) is 1. The number of piperidine rings is 1. The summed E-state index contributed by atoms with van der Waals surface area (Å²) in [7, 11) is 0. The molecule has 0 aromatic carbocycles. The van der Waals surface area contributed by atoms with Crippen LogP contribution in [0.15, 0.2) is 0 Å². The smallest absolute Gasteiger partial charge is 0.222 e. The zero-order valence-electron chi connectivity index (χ0n) is 11.3. The van der Waals surface area contributed by atoms with E-state index in [-0.39, 0.29) is 6.04 Å². The highest BCUT2D eigenvalue weighted by Crippen LogP contribution is 2.21. The van der Waals surface area contributed by atoms with Crippen LogP contribution in [0, 0.1) is 5.92 Å². The molecule has 2 saturated heterocycles. The molecule has 0 bridgehead atoms. The molecule has 0 aliphatic carbocycles. The fourth-order valence-corrected chi connectivity index (χ4v) is 2.93. The van der Waals surface area contributed by atoms with Gasteiger partial charge in [-0.05, 0) is 31.6 Å². The van der Waals surface area contributed by atoms with Crippen LogP contribution in [0.1, 0.15) is 44.9 Å². The molecule has 2 N–H and O–H groups in total. The van der Waals surface area contributed by atoms with Crippen LogP contribution in [-0.2, 0) is 9.53 Å². The quantitative estimate of drug-likeness (QED) is 0.757. The lowest BCUT2D eigenvalue weighted by Crippen LogP contribution is -2.46. The van der Waals surface area contributed by atoms with Crippen LogP contribution in [-0.4, -0.2) is 43.2 Å². The molecule has 2 aliphatic heterocycles. The van der Waals surface area contributed by atoms with Gasteiger partial charge in [0.25, 0.3) is 0 Å². The Morgan fingerprint density at radius 2 is 2.00 bits per heavy atom. The molecule has 4 heteroatoms. The molecular weight excluding hydrogens is 228 g/mol. The lowest BCUT2D eigenvalue weighted by atomic mass is 9.94. The number of unbranched alkanes of at least 4 members (excludes halogenated alkanes) is 1. The zero-order chi connectivity index (χ0) is 12.8. The minimum absolute atomic E-state index is 0.193. The number of nitrogens with zero attached hydrogens (tertiary/aromatic N) is 1. The summed E-state index contributed by atoms with van der Waals surface area (Å²) in [6, 6.07) is 0.193. The van der Waals surface area contributed by atoms with E-state index in [1.807, 2.05) is 4.90 Å². The van der Waals surface area contributed by atoms with Gasteiger partial charge in [-0.2, -0.15) is 0 Å². The van der Waals surface area contributed by atoms with E-state index in [1.54, 1.807) is 0 Å². The fourth-order valence-electron chi connectivity index (χ4n) is 2.93. The molecule has 2 heterocycles. The van der Waals surface area contributed by atoms with Crippen molar-refractivity contribution in [1.82, 2.24) is 4.90 Å². The standard InChI is InChI=1S/C14H26N2O2/c15-13-4-5-14(17)16(11-13)8-2-1-3-12-6-9-18-10-7-12/h12-13H,1-11,15H2. The lowest BCUT2D eigenvalue weighted by Gasteiger charge is -2.31. The van der Waals surface area contributed by atoms with Gasteiger partial charge in [0.1, 0.15) is 0 Å². The molecule has 1 amide bonds. The molecule has 2 rings (SSSR count). The van der Waals surface area contributed by atoms with E-state index in [0.717, 1.165) is 45.1 Å². The number of rotatable bonds is 5. The molecule has 0 aromatic rings. The molecule has 1 atom stereocenters. The van der Waals surface area contributed by atoms with Crippen LogP contribution in [0.2, 0.25) is 0 Å². The molecular formula is C14H26N2O2. The minimum atomic E-state index is 0.193. The van der Waals surface area contributed by atoms with E-state index >= 15 is 0 Å². The van der Waals surface area contributed by atoms with Crippen molar-refractivity contribution in [3.8, 4) is 0 Å². The predicted octanol–water partition coefficient (Wildman–Crippen LogP) is 1.53. The topological polar surface area (TPSA) is 55.6 Å². The van der Waals surface area contributed by atoms with Crippen LogP contribution < -0.4 is 5.73 Å². The van der Waals surface area contributed by atoms with Crippen molar-refractivity contribution in [2.75, 3.05) is 26.3 Å². The molecule has 18 heavy (non-hydrogen) atoms. The van der Waals surface area contributed by atoms with Gasteiger partial charge in [0, 0.05) is 38.8 Å². The number of amides is 1. The highest BCUT2D eigenvalue weighted by atomic mass is 16.5. The molecule has 4 nitrogen and oxygen atoms in total. The highest BCUT2D eigenvalue weighted by Gasteiger charge is 2.22. The molecule has 0 radical (unpaired) electrons. The summed E-state index contributed by atoms with van der Waals surface area (Å²) in [6.07, 6.45) is 7.57. The van der Waals surface area contributed by atoms with Gasteiger partial charge >= 0.3 is 0 Å². The van der Waals surface area contributed by atoms with Gasteiger partial charge in [-0.1, -0.05) is 12.8 Å². The van der Waals surface area contributed by atoms with Crippen molar-refractivity contribution < 1.29 is 9.53 Å². The van der Waals surface area contributed by atoms with Crippen molar-refractivity contribution in [1.29, 1.82) is 0 Å². The number of carbonyl (C=O) groups is 1. The number of hydrogen-bond donors (Lipinski definition) is 1. The van der Waals surface area contributed by atoms with E-state index in [2.05, 4.69) is 0 Å². The van der Waals surface area contributed by atoms with Crippen LogP contribution in [0.4, 0.5) is 0 Å². The summed E-state index contributed by atoms with van der Waals surface area (Å²) in [4.78, 5) is 13.6. The Hall–Kier alpha value is -0.610. The second kappa shape index (κ2) is 7.10. The Bertz CT molecular complexity index is 265. The largest absolute Gasteiger partial charge is 0.381 e. The summed E-state index contributed by atoms with van der Waals surface area (Å²) < 4.78 is 5.36. The van der Waals surface area contributed by atoms with Crippen molar-refractivity contribution in [2.24, 2.45) is 11.7 Å². The first-order valence-corrected chi connectivity index (χ1v) is 7.37. The molecule has 0 aromatic heterocycles. The third-order valence-electron chi connectivity index (χ3n) is 4.17. The maximum Gasteiger partial charge on any atom is 0.222 e. The molecule has 1 unspecified atom stereocenters. The van der Waals surface area contributed by atoms with Crippen molar-refractivity contribution in [2.45, 2.75) is 51.0 Å². The normalized spacial score (nSPS) is 26.6. The Labute approximate surface area is 110 Å². The first-order valence-electron chi connectivity index (χ1n) is 7.37. The van der Waals surface area contributed by atoms with E-state index in [9.17, 15) is 4.79 Å². The van der Waals surface area contributed by atoms with Crippen LogP contribution in [0.3, 0.4) is 0 Å². The van der Waals surface area contributed by atoms with Crippen LogP contribution >= 0.6 is 0 Å². The van der Waals surface area contributed by atoms with E-state index in [0.29, 0.717) is 12.3 Å². The van der Waals surface area contributed by atoms with Gasteiger partial charge in [0.05, 0.1) is 0 Å². The van der Waals surface area contributed by atoms with E-state index < -0.39 is 0 Å². The average Bonchev–Trinajstić information content (AvgIpc) is 2.40. The third kappa shape index (κ3) is 4.25. The maximum absolute atomic E-state index is 11.7. The number of likely N-dealkylation sites (tertiary alicyclic amines) is 1. The minimum Gasteiger partial charge on any atom is -0.381 e. The summed E-state index contributed by atoms with van der Waals surface area (Å²) in [5.41, 5.74) is 5.90. The summed E-state index contributed by atoms with van der Waals surface area (Å²) in [5, 5.41) is 0. The van der Waals surface area contributed by atoms with E-state index in [1.165, 1.54) is 25.7 Å². The fraction of sp³-hybridized carbons (Fsp3) is 0.929. The van der Waals surface area contributed by atoms with Crippen LogP contribution in [0.5, 0.6) is 0 Å². The summed E-state index contributed by atoms with van der Waals surface area (Å²) >= 11 is 0. The molecule has 104 valence electrons. The Morgan fingerprint density at radius 1 is 1.22 bits per heavy atom. The molecule has 2 aliphatic rings. The molecule has 2 fully saturated rings. The van der Waals surface area contributed by atoms with Crippen molar-refractivity contribution >= 4 is 5.91 Å². The van der Waals surface area contributed by atoms with Gasteiger partial charge in [0.15, 0.2) is 0 Å². The highest BCUT2D eigenvalue weighted by molar-refractivity contribution is 5.77. The van der Waals surface area contributed by atoms with Crippen molar-refractivity contribution in [3.05, 3.63) is 0 Å². The van der Waals surface area contributed by atoms with Gasteiger partial charge in [-0.25, -0.2) is 0 Å². The number of hydrogen-bond acceptors (Lipinski definition) is 3. The average molecular weight is 254 g/mol. The van der Waals surface area contributed by atoms with Crippen molar-refractivity contribution in [3.63, 3.8) is 0 Å². The molecule has 0 saturated carbocycles. The second-order valence-electron chi connectivity index (χ2n) is 5.69. The monoisotopic (exact) mass is 254 g/mol. The SMILES string of the molecule is NC1CCC(=O)N(CCCCC2CCOCC2)C1. The van der Waals surface area contributed by atoms with Gasteiger partial charge in [-0.3, -0.25) is 4.79 Å². The second-order valence-corrected chi connectivity index (χ2v) is 5.69. The Kier molecular flexibility index (Phi) is 5.45. The predicted molar refractivity (Wildman–Crippen MR) is 71.2 cm³/mol. The van der Waals surface area contributed by atoms with E-state index in [4.69, 9.17) is 10.5 Å². The number of nitrogens with two attached hydrogens (primary N) is 1. The number of carbonyl (C=O) groups excluding carboxylic acids is 1. The van der Waals surface area contributed by atoms with Gasteiger partial charge in [-0.15, -0.1) is 0 Å².